The van der Waals surface area contributed by atoms with E-state index in [-0.39, 0.29) is 43.9 Å². The Morgan fingerprint density at radius 2 is 1.44 bits per heavy atom. The lowest BCUT2D eigenvalue weighted by Gasteiger charge is -2.44. The molecule has 63 heavy (non-hydrogen) atoms. The number of H-pyrrole nitrogens is 1. The summed E-state index contributed by atoms with van der Waals surface area (Å²) in [6.07, 6.45) is -2.87. The Morgan fingerprint density at radius 3 is 1.95 bits per heavy atom. The van der Waals surface area contributed by atoms with Crippen LogP contribution in [0.4, 0.5) is 0 Å². The number of carbonyl (C=O) groups excluding carboxylic acids is 1. The number of carbonyl (C=O) groups is 1. The van der Waals surface area contributed by atoms with Crippen LogP contribution in [0.1, 0.15) is 76.4 Å². The van der Waals surface area contributed by atoms with E-state index in [1.165, 1.54) is 17.9 Å². The SMILES string of the molecule is COCCOC1C(n2cc(C)c(=O)[nH]c2=O)OC(COC(c2ccccc2)(c2ccc(OC)cc2)c2ccc(OC)cc2)C1P(=O)(CC(=O)OC(C)(C)CC#N)N(C(C)C)C(C)C. The molecule has 15 nitrogen and oxygen atoms in total. The molecule has 4 aromatic rings. The summed E-state index contributed by atoms with van der Waals surface area (Å²) < 4.78 is 63.0. The Labute approximate surface area is 369 Å². The van der Waals surface area contributed by atoms with Gasteiger partial charge in [0.25, 0.3) is 5.56 Å². The molecule has 3 aromatic carbocycles. The molecule has 2 heterocycles. The number of methoxy groups -OCH3 is 3. The van der Waals surface area contributed by atoms with E-state index in [1.54, 1.807) is 39.7 Å². The lowest BCUT2D eigenvalue weighted by molar-refractivity contribution is -0.152. The van der Waals surface area contributed by atoms with Crippen molar-refractivity contribution in [1.29, 1.82) is 5.26 Å². The van der Waals surface area contributed by atoms with Crippen LogP contribution in [-0.2, 0) is 38.6 Å². The van der Waals surface area contributed by atoms with Crippen LogP contribution in [0.2, 0.25) is 0 Å². The van der Waals surface area contributed by atoms with Crippen LogP contribution >= 0.6 is 7.29 Å². The van der Waals surface area contributed by atoms with Gasteiger partial charge in [-0.3, -0.25) is 19.1 Å². The highest BCUT2D eigenvalue weighted by Gasteiger charge is 2.59. The molecule has 5 rings (SSSR count). The standard InChI is InChI=1S/C47H61N4O11P/c1-31(2)51(32(3)4)63(55,30-40(52)62-46(6,7)24-25-48)42-39(61-44(41(42)59-27-26-56-8)50-28-33(5)43(53)49-45(50)54)29-60-47(34-14-12-11-13-15-34,35-16-20-37(57-9)21-17-35)36-18-22-38(58-10)23-19-36/h11-23,28,31-32,39,41-42,44H,24,26-27,29-30H2,1-10H3,(H,49,53,54). The second-order valence-corrected chi connectivity index (χ2v) is 19.6. The summed E-state index contributed by atoms with van der Waals surface area (Å²) in [4.78, 5) is 43.0. The van der Waals surface area contributed by atoms with Crippen molar-refractivity contribution in [3.63, 3.8) is 0 Å². The van der Waals surface area contributed by atoms with Gasteiger partial charge >= 0.3 is 11.7 Å². The quantitative estimate of drug-likeness (QED) is 0.0400. The summed E-state index contributed by atoms with van der Waals surface area (Å²) in [6, 6.07) is 25.9. The predicted molar refractivity (Wildman–Crippen MR) is 239 cm³/mol. The first kappa shape index (κ1) is 49.0. The molecule has 340 valence electrons. The smallest absolute Gasteiger partial charge is 0.330 e. The summed E-state index contributed by atoms with van der Waals surface area (Å²) >= 11 is 0. The maximum Gasteiger partial charge on any atom is 0.330 e. The van der Waals surface area contributed by atoms with Gasteiger partial charge in [0.1, 0.15) is 35.0 Å². The van der Waals surface area contributed by atoms with Gasteiger partial charge in [0.2, 0.25) is 0 Å². The molecule has 0 amide bonds. The molecule has 1 saturated heterocycles. The van der Waals surface area contributed by atoms with Crippen molar-refractivity contribution >= 4 is 13.3 Å². The summed E-state index contributed by atoms with van der Waals surface area (Å²) in [5, 5.41) is 9.52. The summed E-state index contributed by atoms with van der Waals surface area (Å²) in [6.45, 7) is 12.2. The van der Waals surface area contributed by atoms with Crippen LogP contribution in [0.25, 0.3) is 0 Å². The van der Waals surface area contributed by atoms with E-state index < -0.39 is 66.0 Å². The number of hydrogen-bond acceptors (Lipinski definition) is 12. The lowest BCUT2D eigenvalue weighted by atomic mass is 9.80. The highest BCUT2D eigenvalue weighted by atomic mass is 31.2. The van der Waals surface area contributed by atoms with Gasteiger partial charge in [0.05, 0.1) is 58.3 Å². The normalized spacial score (nSPS) is 18.9. The van der Waals surface area contributed by atoms with Crippen molar-refractivity contribution in [3.8, 4) is 17.6 Å². The second-order valence-electron chi connectivity index (χ2n) is 16.7. The second kappa shape index (κ2) is 21.1. The van der Waals surface area contributed by atoms with E-state index >= 15 is 4.57 Å². The maximum absolute atomic E-state index is 16.7. The molecule has 1 fully saturated rings. The highest BCUT2D eigenvalue weighted by Crippen LogP contribution is 2.63. The molecule has 5 atom stereocenters. The number of esters is 1. The number of benzene rings is 3. The molecule has 1 aliphatic heterocycles. The average molecular weight is 889 g/mol. The third-order valence-corrected chi connectivity index (χ3v) is 15.1. The van der Waals surface area contributed by atoms with Gasteiger partial charge in [-0.2, -0.15) is 5.26 Å². The van der Waals surface area contributed by atoms with Crippen molar-refractivity contribution in [2.24, 2.45) is 0 Å². The fourth-order valence-corrected chi connectivity index (χ4v) is 12.6. The fraction of sp³-hybridized carbons (Fsp3) is 0.489. The molecule has 0 radical (unpaired) electrons. The zero-order valence-electron chi connectivity index (χ0n) is 37.9. The molecule has 1 aromatic heterocycles. The third kappa shape index (κ3) is 10.8. The minimum atomic E-state index is -4.14. The van der Waals surface area contributed by atoms with Crippen LogP contribution in [0.15, 0.2) is 94.6 Å². The molecule has 1 aliphatic rings. The number of aromatic amines is 1. The molecule has 0 spiro atoms. The Kier molecular flexibility index (Phi) is 16.4. The van der Waals surface area contributed by atoms with Crippen molar-refractivity contribution < 1.29 is 42.5 Å². The zero-order chi connectivity index (χ0) is 46.1. The van der Waals surface area contributed by atoms with Gasteiger partial charge in [-0.25, -0.2) is 9.46 Å². The van der Waals surface area contributed by atoms with E-state index in [4.69, 9.17) is 33.2 Å². The van der Waals surface area contributed by atoms with Crippen LogP contribution in [0, 0.1) is 18.3 Å². The molecule has 0 aliphatic carbocycles. The first-order valence-electron chi connectivity index (χ1n) is 21.0. The number of nitrogens with one attached hydrogen (secondary N) is 1. The van der Waals surface area contributed by atoms with Crippen LogP contribution in [0.3, 0.4) is 0 Å². The number of hydrogen-bond donors (Lipinski definition) is 1. The molecule has 16 heteroatoms. The van der Waals surface area contributed by atoms with Gasteiger partial charge in [-0.05, 0) is 89.4 Å². The van der Waals surface area contributed by atoms with E-state index in [1.807, 2.05) is 107 Å². The number of nitrogens with zero attached hydrogens (tertiary/aromatic N) is 3. The van der Waals surface area contributed by atoms with E-state index in [0.717, 1.165) is 16.7 Å². The Morgan fingerprint density at radius 1 is 0.889 bits per heavy atom. The van der Waals surface area contributed by atoms with Crippen molar-refractivity contribution in [2.45, 2.75) is 102 Å². The van der Waals surface area contributed by atoms with Crippen molar-refractivity contribution in [3.05, 3.63) is 128 Å². The van der Waals surface area contributed by atoms with Gasteiger partial charge < -0.3 is 37.7 Å². The average Bonchev–Trinajstić information content (AvgIpc) is 3.61. The Hall–Kier alpha value is -5.07. The topological polar surface area (TPSA) is 181 Å². The van der Waals surface area contributed by atoms with Gasteiger partial charge in [-0.15, -0.1) is 0 Å². The molecule has 0 saturated carbocycles. The molecular weight excluding hydrogens is 828 g/mol. The van der Waals surface area contributed by atoms with Gasteiger partial charge in [0, 0.05) is 31.0 Å². The predicted octanol–water partition coefficient (Wildman–Crippen LogP) is 6.80. The van der Waals surface area contributed by atoms with Crippen LogP contribution in [0.5, 0.6) is 11.5 Å². The largest absolute Gasteiger partial charge is 0.497 e. The number of ether oxygens (including phenoxy) is 7. The Bertz CT molecular complexity index is 2280. The van der Waals surface area contributed by atoms with E-state index in [9.17, 15) is 19.6 Å². The molecule has 0 bridgehead atoms. The maximum atomic E-state index is 16.7. The van der Waals surface area contributed by atoms with Crippen molar-refractivity contribution in [1.82, 2.24) is 14.2 Å². The summed E-state index contributed by atoms with van der Waals surface area (Å²) in [7, 11) is 0.549. The third-order valence-electron chi connectivity index (χ3n) is 11.1. The summed E-state index contributed by atoms with van der Waals surface area (Å²) in [5.74, 6) is 0.475. The minimum Gasteiger partial charge on any atom is -0.497 e. The van der Waals surface area contributed by atoms with Gasteiger partial charge in [-0.1, -0.05) is 54.6 Å². The zero-order valence-corrected chi connectivity index (χ0v) is 38.8. The Balaban J connectivity index is 1.80. The fourth-order valence-electron chi connectivity index (χ4n) is 8.54. The monoisotopic (exact) mass is 888 g/mol. The summed E-state index contributed by atoms with van der Waals surface area (Å²) in [5.41, 5.74) is -2.60. The van der Waals surface area contributed by atoms with Gasteiger partial charge in [0.15, 0.2) is 13.5 Å². The van der Waals surface area contributed by atoms with E-state index in [2.05, 4.69) is 11.1 Å². The first-order valence-corrected chi connectivity index (χ1v) is 22.9. The minimum absolute atomic E-state index is 0.00313. The first-order chi connectivity index (χ1) is 30.0. The molecular formula is C47H61N4O11P. The highest BCUT2D eigenvalue weighted by molar-refractivity contribution is 7.63. The molecule has 5 unspecified atom stereocenters. The number of aryl methyl sites for hydroxylation is 1. The van der Waals surface area contributed by atoms with E-state index in [0.29, 0.717) is 11.5 Å². The lowest BCUT2D eigenvalue weighted by Crippen LogP contribution is -2.48. The molecule has 1 N–H and O–H groups in total. The number of rotatable bonds is 21. The van der Waals surface area contributed by atoms with Crippen LogP contribution in [-0.4, -0.2) is 103 Å². The van der Waals surface area contributed by atoms with Crippen molar-refractivity contribution in [2.75, 3.05) is 47.3 Å². The van der Waals surface area contributed by atoms with Crippen LogP contribution < -0.4 is 20.7 Å². The number of aromatic nitrogens is 2. The number of nitriles is 1.